The maximum atomic E-state index is 13.0. The average molecular weight is 399 g/mol. The largest absolute Gasteiger partial charge is 0.378 e. The van der Waals surface area contributed by atoms with Crippen molar-refractivity contribution in [3.05, 3.63) is 83.2 Å². The van der Waals surface area contributed by atoms with Crippen molar-refractivity contribution in [2.45, 2.75) is 20.8 Å². The SMILES string of the molecule is CC1=NN(c2ccccc2)C(=O)/C1=C\c1cc(C)n(-c2ccc(N(C)C)cc2)c1C. The van der Waals surface area contributed by atoms with Gasteiger partial charge in [-0.3, -0.25) is 4.79 Å². The van der Waals surface area contributed by atoms with Crippen molar-refractivity contribution >= 4 is 29.1 Å². The summed E-state index contributed by atoms with van der Waals surface area (Å²) >= 11 is 0. The van der Waals surface area contributed by atoms with Crippen molar-refractivity contribution in [3.63, 3.8) is 0 Å². The number of nitrogens with zero attached hydrogens (tertiary/aromatic N) is 4. The Kier molecular flexibility index (Phi) is 5.04. The number of carbonyl (C=O) groups excluding carboxylic acids is 1. The van der Waals surface area contributed by atoms with Gasteiger partial charge in [-0.1, -0.05) is 18.2 Å². The minimum Gasteiger partial charge on any atom is -0.378 e. The minimum absolute atomic E-state index is 0.0983. The van der Waals surface area contributed by atoms with Crippen LogP contribution in [-0.2, 0) is 4.79 Å². The number of rotatable bonds is 4. The molecule has 0 fully saturated rings. The fourth-order valence-electron chi connectivity index (χ4n) is 3.81. The number of carbonyl (C=O) groups is 1. The first-order valence-corrected chi connectivity index (χ1v) is 10.0. The van der Waals surface area contributed by atoms with Crippen LogP contribution in [0.25, 0.3) is 11.8 Å². The first kappa shape index (κ1) is 19.7. The number of aromatic nitrogens is 1. The van der Waals surface area contributed by atoms with E-state index in [0.29, 0.717) is 5.57 Å². The van der Waals surface area contributed by atoms with E-state index in [1.807, 2.05) is 57.4 Å². The topological polar surface area (TPSA) is 40.8 Å². The van der Waals surface area contributed by atoms with E-state index in [1.54, 1.807) is 0 Å². The van der Waals surface area contributed by atoms with Gasteiger partial charge in [-0.05, 0) is 74.9 Å². The summed E-state index contributed by atoms with van der Waals surface area (Å²) in [5, 5.41) is 5.95. The Balaban J connectivity index is 1.69. The number of anilines is 2. The summed E-state index contributed by atoms with van der Waals surface area (Å²) in [5.41, 5.74) is 7.63. The van der Waals surface area contributed by atoms with Crippen LogP contribution in [0.5, 0.6) is 0 Å². The van der Waals surface area contributed by atoms with Crippen LogP contribution in [0.1, 0.15) is 23.9 Å². The summed E-state index contributed by atoms with van der Waals surface area (Å²) in [6.45, 7) is 6.05. The molecule has 0 unspecified atom stereocenters. The molecule has 0 saturated carbocycles. The van der Waals surface area contributed by atoms with Crippen LogP contribution in [0, 0.1) is 13.8 Å². The second-order valence-electron chi connectivity index (χ2n) is 7.77. The number of aryl methyl sites for hydroxylation is 1. The predicted octanol–water partition coefficient (Wildman–Crippen LogP) is 4.97. The van der Waals surface area contributed by atoms with Crippen LogP contribution in [0.15, 0.2) is 71.3 Å². The van der Waals surface area contributed by atoms with Crippen molar-refractivity contribution < 1.29 is 4.79 Å². The molecule has 1 amide bonds. The molecule has 0 spiro atoms. The summed E-state index contributed by atoms with van der Waals surface area (Å²) in [4.78, 5) is 15.1. The molecule has 0 aliphatic carbocycles. The fraction of sp³-hybridized carbons (Fsp3) is 0.200. The number of amides is 1. The van der Waals surface area contributed by atoms with E-state index in [1.165, 1.54) is 5.01 Å². The van der Waals surface area contributed by atoms with E-state index in [4.69, 9.17) is 0 Å². The van der Waals surface area contributed by atoms with E-state index < -0.39 is 0 Å². The monoisotopic (exact) mass is 398 g/mol. The van der Waals surface area contributed by atoms with Gasteiger partial charge in [0.2, 0.25) is 0 Å². The molecule has 2 heterocycles. The Labute approximate surface area is 177 Å². The number of hydrogen-bond donors (Lipinski definition) is 0. The molecule has 0 radical (unpaired) electrons. The average Bonchev–Trinajstić information content (AvgIpc) is 3.18. The van der Waals surface area contributed by atoms with Crippen LogP contribution in [0.4, 0.5) is 11.4 Å². The third kappa shape index (κ3) is 3.43. The summed E-state index contributed by atoms with van der Waals surface area (Å²) < 4.78 is 2.21. The summed E-state index contributed by atoms with van der Waals surface area (Å²) in [5.74, 6) is -0.0983. The summed E-state index contributed by atoms with van der Waals surface area (Å²) in [6, 6.07) is 20.1. The Morgan fingerprint density at radius 3 is 2.20 bits per heavy atom. The first-order chi connectivity index (χ1) is 14.4. The van der Waals surface area contributed by atoms with Crippen molar-refractivity contribution in [1.29, 1.82) is 0 Å². The number of para-hydroxylation sites is 1. The van der Waals surface area contributed by atoms with Crippen LogP contribution >= 0.6 is 0 Å². The van der Waals surface area contributed by atoms with E-state index >= 15 is 0 Å². The maximum absolute atomic E-state index is 13.0. The van der Waals surface area contributed by atoms with Crippen molar-refractivity contribution in [1.82, 2.24) is 4.57 Å². The van der Waals surface area contributed by atoms with Crippen LogP contribution in [-0.4, -0.2) is 30.3 Å². The first-order valence-electron chi connectivity index (χ1n) is 10.0. The molecule has 1 aliphatic heterocycles. The molecule has 0 atom stereocenters. The zero-order valence-electron chi connectivity index (χ0n) is 18.0. The Morgan fingerprint density at radius 1 is 0.900 bits per heavy atom. The normalized spacial score (nSPS) is 15.1. The van der Waals surface area contributed by atoms with Gasteiger partial charge in [0.05, 0.1) is 17.0 Å². The van der Waals surface area contributed by atoms with Crippen LogP contribution in [0.3, 0.4) is 0 Å². The molecule has 152 valence electrons. The van der Waals surface area contributed by atoms with E-state index in [2.05, 4.69) is 58.7 Å². The fourth-order valence-corrected chi connectivity index (χ4v) is 3.81. The standard InChI is InChI=1S/C25H26N4O/c1-17-15-20(19(3)28(17)22-13-11-21(12-14-22)27(4)5)16-24-18(2)26-29(25(24)30)23-9-7-6-8-10-23/h6-16H,1-5H3/b24-16-. The molecule has 4 rings (SSSR count). The molecule has 1 aliphatic rings. The Hall–Kier alpha value is -3.60. The third-order valence-corrected chi connectivity index (χ3v) is 5.46. The smallest absolute Gasteiger partial charge is 0.280 e. The highest BCUT2D eigenvalue weighted by atomic mass is 16.2. The highest BCUT2D eigenvalue weighted by molar-refractivity contribution is 6.32. The Morgan fingerprint density at radius 2 is 1.57 bits per heavy atom. The molecule has 5 nitrogen and oxygen atoms in total. The van der Waals surface area contributed by atoms with E-state index in [-0.39, 0.29) is 5.91 Å². The minimum atomic E-state index is -0.0983. The van der Waals surface area contributed by atoms with Gasteiger partial charge >= 0.3 is 0 Å². The van der Waals surface area contributed by atoms with Gasteiger partial charge in [-0.2, -0.15) is 10.1 Å². The van der Waals surface area contributed by atoms with Gasteiger partial charge < -0.3 is 9.47 Å². The third-order valence-electron chi connectivity index (χ3n) is 5.46. The van der Waals surface area contributed by atoms with Crippen LogP contribution in [0.2, 0.25) is 0 Å². The summed E-state index contributed by atoms with van der Waals surface area (Å²) in [7, 11) is 4.07. The Bertz CT molecular complexity index is 1150. The lowest BCUT2D eigenvalue weighted by Gasteiger charge is -2.15. The van der Waals surface area contributed by atoms with Crippen molar-refractivity contribution in [2.24, 2.45) is 5.10 Å². The predicted molar refractivity (Wildman–Crippen MR) is 125 cm³/mol. The molecule has 0 saturated heterocycles. The van der Waals surface area contributed by atoms with Gasteiger partial charge in [0.15, 0.2) is 0 Å². The maximum Gasteiger partial charge on any atom is 0.280 e. The van der Waals surface area contributed by atoms with Crippen LogP contribution < -0.4 is 9.91 Å². The quantitative estimate of drug-likeness (QED) is 0.583. The second-order valence-corrected chi connectivity index (χ2v) is 7.77. The van der Waals surface area contributed by atoms with E-state index in [0.717, 1.165) is 39.7 Å². The van der Waals surface area contributed by atoms with Crippen molar-refractivity contribution in [3.8, 4) is 5.69 Å². The number of hydrogen-bond acceptors (Lipinski definition) is 3. The lowest BCUT2D eigenvalue weighted by molar-refractivity contribution is -0.114. The molecule has 3 aromatic rings. The lowest BCUT2D eigenvalue weighted by atomic mass is 10.1. The molecule has 0 N–H and O–H groups in total. The van der Waals surface area contributed by atoms with E-state index in [9.17, 15) is 4.79 Å². The molecule has 0 bridgehead atoms. The molecule has 30 heavy (non-hydrogen) atoms. The number of benzene rings is 2. The van der Waals surface area contributed by atoms with Gasteiger partial charge in [-0.25, -0.2) is 0 Å². The molecule has 2 aromatic carbocycles. The number of hydrazone groups is 1. The molecule has 5 heteroatoms. The molecular formula is C25H26N4O. The van der Waals surface area contributed by atoms with Gasteiger partial charge in [0.1, 0.15) is 0 Å². The molecule has 1 aromatic heterocycles. The van der Waals surface area contributed by atoms with Gasteiger partial charge in [0.25, 0.3) is 5.91 Å². The lowest BCUT2D eigenvalue weighted by Crippen LogP contribution is -2.21. The molecular weight excluding hydrogens is 372 g/mol. The van der Waals surface area contributed by atoms with Gasteiger partial charge in [0, 0.05) is 36.9 Å². The zero-order valence-corrected chi connectivity index (χ0v) is 18.0. The summed E-state index contributed by atoms with van der Waals surface area (Å²) in [6.07, 6.45) is 1.96. The zero-order chi connectivity index (χ0) is 21.4. The van der Waals surface area contributed by atoms with Gasteiger partial charge in [-0.15, -0.1) is 0 Å². The van der Waals surface area contributed by atoms with Crippen molar-refractivity contribution in [2.75, 3.05) is 24.0 Å². The highest BCUT2D eigenvalue weighted by Gasteiger charge is 2.29. The highest BCUT2D eigenvalue weighted by Crippen LogP contribution is 2.28. The second kappa shape index (κ2) is 7.67.